The van der Waals surface area contributed by atoms with Gasteiger partial charge in [0, 0.05) is 36.2 Å². The van der Waals surface area contributed by atoms with Gasteiger partial charge in [0.05, 0.1) is 28.9 Å². The summed E-state index contributed by atoms with van der Waals surface area (Å²) in [5, 5.41) is 25.9. The van der Waals surface area contributed by atoms with Crippen LogP contribution in [-0.4, -0.2) is 54.9 Å². The first-order chi connectivity index (χ1) is 12.0. The summed E-state index contributed by atoms with van der Waals surface area (Å²) in [5.41, 5.74) is 4.47. The molecule has 1 saturated carbocycles. The van der Waals surface area contributed by atoms with E-state index in [1.54, 1.807) is 0 Å². The maximum absolute atomic E-state index is 13.2. The molecule has 6 unspecified atom stereocenters. The SMILES string of the molecule is O=C1C2=C3C4c5c(c[nH]c51)CCN4C1CC34CC(N2)SC4(O)CC1O. The van der Waals surface area contributed by atoms with Gasteiger partial charge in [-0.2, -0.15) is 0 Å². The highest BCUT2D eigenvalue weighted by molar-refractivity contribution is 8.01. The highest BCUT2D eigenvalue weighted by Crippen LogP contribution is 2.72. The number of ketones is 1. The summed E-state index contributed by atoms with van der Waals surface area (Å²) in [6.45, 7) is 0.896. The molecule has 7 rings (SSSR count). The molecule has 2 aliphatic carbocycles. The first-order valence-corrected chi connectivity index (χ1v) is 10.0. The van der Waals surface area contributed by atoms with Crippen LogP contribution < -0.4 is 5.32 Å². The van der Waals surface area contributed by atoms with Crippen LogP contribution in [-0.2, 0) is 6.42 Å². The summed E-state index contributed by atoms with van der Waals surface area (Å²) in [4.78, 5) is 17.9. The standard InChI is InChI=1S/C18H19N3O3S/c22-9-4-18(24)17-3-8(9)21-2-1-7-6-19-13-11(7)15(21)12(17)14(16(13)23)20-10(5-17)25-18/h6,8-10,15,19-20,22,24H,1-5H2. The number of hydrogen-bond donors (Lipinski definition) is 4. The van der Waals surface area contributed by atoms with E-state index < -0.39 is 11.0 Å². The fourth-order valence-corrected chi connectivity index (χ4v) is 8.48. The van der Waals surface area contributed by atoms with Crippen molar-refractivity contribution in [2.45, 2.75) is 54.2 Å². The second-order valence-electron chi connectivity index (χ2n) is 8.48. The van der Waals surface area contributed by atoms with Gasteiger partial charge in [0.25, 0.3) is 0 Å². The van der Waals surface area contributed by atoms with Crippen LogP contribution in [0.3, 0.4) is 0 Å². The quantitative estimate of drug-likeness (QED) is 0.545. The molecule has 7 heteroatoms. The average Bonchev–Trinajstić information content (AvgIpc) is 3.09. The highest BCUT2D eigenvalue weighted by Gasteiger charge is 2.72. The first kappa shape index (κ1) is 13.9. The summed E-state index contributed by atoms with van der Waals surface area (Å²) in [7, 11) is 0. The van der Waals surface area contributed by atoms with Crippen molar-refractivity contribution >= 4 is 17.5 Å². The van der Waals surface area contributed by atoms with E-state index in [1.165, 1.54) is 17.3 Å². The number of fused-ring (bicyclic) bond motifs is 3. The Labute approximate surface area is 148 Å². The molecule has 3 bridgehead atoms. The number of hydrogen-bond acceptors (Lipinski definition) is 6. The number of rotatable bonds is 0. The molecule has 3 fully saturated rings. The number of aromatic amines is 1. The topological polar surface area (TPSA) is 88.6 Å². The molecule has 130 valence electrons. The van der Waals surface area contributed by atoms with Crippen LogP contribution in [0.1, 0.15) is 46.9 Å². The third-order valence-corrected chi connectivity index (χ3v) is 9.12. The molecule has 4 aliphatic heterocycles. The van der Waals surface area contributed by atoms with Crippen LogP contribution in [0.2, 0.25) is 0 Å². The average molecular weight is 357 g/mol. The summed E-state index contributed by atoms with van der Waals surface area (Å²) in [5.74, 6) is 0.0489. The van der Waals surface area contributed by atoms with Gasteiger partial charge in [-0.3, -0.25) is 9.69 Å². The molecule has 1 aromatic heterocycles. The molecule has 6 atom stereocenters. The molecule has 6 nitrogen and oxygen atoms in total. The van der Waals surface area contributed by atoms with Gasteiger partial charge in [0.2, 0.25) is 5.78 Å². The van der Waals surface area contributed by atoms with Crippen LogP contribution in [0.15, 0.2) is 17.5 Å². The Hall–Kier alpha value is -1.28. The van der Waals surface area contributed by atoms with Gasteiger partial charge in [-0.15, -0.1) is 11.8 Å². The van der Waals surface area contributed by atoms with Crippen LogP contribution in [0, 0.1) is 5.41 Å². The number of thioether (sulfide) groups is 1. The van der Waals surface area contributed by atoms with Crippen LogP contribution >= 0.6 is 11.8 Å². The minimum absolute atomic E-state index is 0.0186. The zero-order valence-electron chi connectivity index (χ0n) is 13.6. The summed E-state index contributed by atoms with van der Waals surface area (Å²) < 4.78 is 0. The molecule has 0 aromatic carbocycles. The lowest BCUT2D eigenvalue weighted by atomic mass is 9.54. The molecule has 2 saturated heterocycles. The largest absolute Gasteiger partial charge is 0.391 e. The Balaban J connectivity index is 1.59. The van der Waals surface area contributed by atoms with Gasteiger partial charge >= 0.3 is 0 Å². The number of nitrogens with one attached hydrogen (secondary N) is 2. The van der Waals surface area contributed by atoms with Crippen LogP contribution in [0.4, 0.5) is 0 Å². The number of carbonyl (C=O) groups is 1. The van der Waals surface area contributed by atoms with Crippen molar-refractivity contribution < 1.29 is 15.0 Å². The monoisotopic (exact) mass is 357 g/mol. The smallest absolute Gasteiger partial charge is 0.225 e. The number of aromatic nitrogens is 1. The maximum atomic E-state index is 13.2. The van der Waals surface area contributed by atoms with Gasteiger partial charge < -0.3 is 20.5 Å². The fourth-order valence-electron chi connectivity index (χ4n) is 6.70. The van der Waals surface area contributed by atoms with Crippen molar-refractivity contribution in [3.8, 4) is 0 Å². The lowest BCUT2D eigenvalue weighted by Gasteiger charge is -2.63. The van der Waals surface area contributed by atoms with E-state index in [2.05, 4.69) is 15.2 Å². The van der Waals surface area contributed by atoms with Crippen molar-refractivity contribution in [3.05, 3.63) is 34.3 Å². The molecule has 5 heterocycles. The van der Waals surface area contributed by atoms with Crippen molar-refractivity contribution in [2.24, 2.45) is 5.41 Å². The summed E-state index contributed by atoms with van der Waals surface area (Å²) in [6, 6.07) is 0.0851. The minimum atomic E-state index is -0.977. The number of carbonyl (C=O) groups excluding carboxylic acids is 1. The molecule has 25 heavy (non-hydrogen) atoms. The van der Waals surface area contributed by atoms with E-state index in [0.717, 1.165) is 36.9 Å². The first-order valence-electron chi connectivity index (χ1n) is 9.12. The third-order valence-electron chi connectivity index (χ3n) is 7.60. The lowest BCUT2D eigenvalue weighted by Crippen LogP contribution is -2.67. The Morgan fingerprint density at radius 1 is 1.32 bits per heavy atom. The number of Topliss-reactive ketones (excluding diaryl/α,β-unsaturated/α-hetero) is 1. The van der Waals surface area contributed by atoms with Gasteiger partial charge in [0.15, 0.2) is 0 Å². The molecule has 0 amide bonds. The van der Waals surface area contributed by atoms with Crippen LogP contribution in [0.5, 0.6) is 0 Å². The van der Waals surface area contributed by atoms with Gasteiger partial charge in [-0.25, -0.2) is 0 Å². The number of H-pyrrole nitrogens is 1. The Kier molecular flexibility index (Phi) is 2.14. The van der Waals surface area contributed by atoms with Crippen molar-refractivity contribution in [1.29, 1.82) is 0 Å². The van der Waals surface area contributed by atoms with E-state index in [1.807, 2.05) is 6.20 Å². The zero-order chi connectivity index (χ0) is 16.7. The molecular weight excluding hydrogens is 338 g/mol. The van der Waals surface area contributed by atoms with Gasteiger partial charge in [-0.05, 0) is 30.4 Å². The van der Waals surface area contributed by atoms with Crippen molar-refractivity contribution in [2.75, 3.05) is 6.54 Å². The fraction of sp³-hybridized carbons (Fsp3) is 0.611. The van der Waals surface area contributed by atoms with E-state index in [4.69, 9.17) is 0 Å². The predicted octanol–water partition coefficient (Wildman–Crippen LogP) is 0.642. The molecule has 0 radical (unpaired) electrons. The Morgan fingerprint density at radius 2 is 2.20 bits per heavy atom. The normalized spacial score (nSPS) is 48.6. The van der Waals surface area contributed by atoms with Crippen molar-refractivity contribution in [1.82, 2.24) is 15.2 Å². The van der Waals surface area contributed by atoms with Gasteiger partial charge in [-0.1, -0.05) is 0 Å². The highest BCUT2D eigenvalue weighted by atomic mass is 32.2. The van der Waals surface area contributed by atoms with Crippen molar-refractivity contribution in [3.63, 3.8) is 0 Å². The second-order valence-corrected chi connectivity index (χ2v) is 9.96. The van der Waals surface area contributed by atoms with E-state index in [0.29, 0.717) is 17.8 Å². The van der Waals surface area contributed by atoms with E-state index in [9.17, 15) is 15.0 Å². The lowest BCUT2D eigenvalue weighted by molar-refractivity contribution is -0.139. The minimum Gasteiger partial charge on any atom is -0.391 e. The number of aliphatic hydroxyl groups excluding tert-OH is 1. The molecule has 1 spiro atoms. The second kappa shape index (κ2) is 3.86. The summed E-state index contributed by atoms with van der Waals surface area (Å²) in [6.07, 6.45) is 4.37. The zero-order valence-corrected chi connectivity index (χ0v) is 14.4. The Bertz CT molecular complexity index is 909. The molecule has 6 aliphatic rings. The number of nitrogens with zero attached hydrogens (tertiary/aromatic N) is 1. The summed E-state index contributed by atoms with van der Waals surface area (Å²) >= 11 is 1.52. The van der Waals surface area contributed by atoms with Crippen LogP contribution in [0.25, 0.3) is 0 Å². The van der Waals surface area contributed by atoms with Gasteiger partial charge in [0.1, 0.15) is 4.93 Å². The predicted molar refractivity (Wildman–Crippen MR) is 90.8 cm³/mol. The third kappa shape index (κ3) is 1.27. The Morgan fingerprint density at radius 3 is 3.08 bits per heavy atom. The molecular formula is C18H19N3O3S. The number of aliphatic hydroxyl groups is 2. The van der Waals surface area contributed by atoms with E-state index in [-0.39, 0.29) is 28.7 Å². The molecule has 4 N–H and O–H groups in total. The maximum Gasteiger partial charge on any atom is 0.225 e. The number of allylic oxidation sites excluding steroid dienone is 1. The molecule has 1 aromatic rings. The van der Waals surface area contributed by atoms with E-state index >= 15 is 0 Å². The number of piperidine rings is 1.